The lowest BCUT2D eigenvalue weighted by Crippen LogP contribution is -2.40. The molecular weight excluding hydrogens is 378 g/mol. The first-order chi connectivity index (χ1) is 13.3. The lowest BCUT2D eigenvalue weighted by Gasteiger charge is -2.24. The summed E-state index contributed by atoms with van der Waals surface area (Å²) in [6.07, 6.45) is 1.33. The van der Waals surface area contributed by atoms with Gasteiger partial charge in [0.05, 0.1) is 5.92 Å². The van der Waals surface area contributed by atoms with Crippen LogP contribution in [0.2, 0.25) is 0 Å². The van der Waals surface area contributed by atoms with E-state index >= 15 is 0 Å². The fourth-order valence-electron chi connectivity index (χ4n) is 2.79. The number of thiazole rings is 1. The summed E-state index contributed by atoms with van der Waals surface area (Å²) in [6.45, 7) is 4.07. The Labute approximate surface area is 168 Å². The third kappa shape index (κ3) is 6.16. The first-order valence-corrected chi connectivity index (χ1v) is 9.93. The van der Waals surface area contributed by atoms with Crippen molar-refractivity contribution >= 4 is 29.1 Å². The van der Waals surface area contributed by atoms with E-state index in [-0.39, 0.29) is 24.2 Å². The van der Waals surface area contributed by atoms with Crippen LogP contribution in [0.5, 0.6) is 0 Å². The van der Waals surface area contributed by atoms with Crippen LogP contribution in [0.15, 0.2) is 41.9 Å². The highest BCUT2D eigenvalue weighted by Crippen LogP contribution is 2.25. The first-order valence-electron chi connectivity index (χ1n) is 9.05. The van der Waals surface area contributed by atoms with Crippen molar-refractivity contribution in [3.8, 4) is 0 Å². The maximum Gasteiger partial charge on any atom is 0.404 e. The van der Waals surface area contributed by atoms with Crippen LogP contribution in [0.3, 0.4) is 0 Å². The van der Waals surface area contributed by atoms with Gasteiger partial charge in [-0.1, -0.05) is 44.2 Å². The zero-order valence-electron chi connectivity index (χ0n) is 16.0. The molecule has 0 spiro atoms. The van der Waals surface area contributed by atoms with Crippen molar-refractivity contribution in [2.45, 2.75) is 32.6 Å². The molecule has 0 aliphatic heterocycles. The third-order valence-electron chi connectivity index (χ3n) is 4.52. The molecule has 0 saturated heterocycles. The summed E-state index contributed by atoms with van der Waals surface area (Å²) in [5, 5.41) is 16.0. The molecule has 3 N–H and O–H groups in total. The molecule has 0 saturated carbocycles. The van der Waals surface area contributed by atoms with Crippen LogP contribution in [0.4, 0.5) is 4.79 Å². The van der Waals surface area contributed by atoms with Crippen molar-refractivity contribution in [1.29, 1.82) is 0 Å². The van der Waals surface area contributed by atoms with E-state index < -0.39 is 11.5 Å². The van der Waals surface area contributed by atoms with Crippen LogP contribution in [-0.4, -0.2) is 41.0 Å². The van der Waals surface area contributed by atoms with Crippen LogP contribution >= 0.6 is 11.3 Å². The molecule has 2 rings (SSSR count). The van der Waals surface area contributed by atoms with E-state index in [2.05, 4.69) is 15.6 Å². The van der Waals surface area contributed by atoms with E-state index in [0.29, 0.717) is 24.4 Å². The number of nitrogens with one attached hydrogen (secondary N) is 2. The van der Waals surface area contributed by atoms with Crippen LogP contribution in [0.1, 0.15) is 48.0 Å². The van der Waals surface area contributed by atoms with Crippen molar-refractivity contribution in [2.75, 3.05) is 13.1 Å². The zero-order valence-corrected chi connectivity index (χ0v) is 16.8. The normalized spacial score (nSPS) is 12.2. The Morgan fingerprint density at radius 2 is 1.86 bits per heavy atom. The predicted octanol–water partition coefficient (Wildman–Crippen LogP) is 3.30. The largest absolute Gasteiger partial charge is 0.465 e. The topological polar surface area (TPSA) is 108 Å². The fraction of sp³-hybridized carbons (Fsp3) is 0.400. The van der Waals surface area contributed by atoms with Gasteiger partial charge >= 0.3 is 6.09 Å². The average Bonchev–Trinajstić information content (AvgIpc) is 3.19. The van der Waals surface area contributed by atoms with Crippen molar-refractivity contribution in [3.63, 3.8) is 0 Å². The van der Waals surface area contributed by atoms with Gasteiger partial charge in [0.15, 0.2) is 10.8 Å². The molecule has 0 radical (unpaired) electrons. The Bertz CT molecular complexity index is 791. The number of carbonyl (C=O) groups excluding carboxylic acids is 2. The second-order valence-corrected chi connectivity index (χ2v) is 7.97. The van der Waals surface area contributed by atoms with Gasteiger partial charge in [-0.25, -0.2) is 9.78 Å². The maximum atomic E-state index is 12.9. The van der Waals surface area contributed by atoms with Gasteiger partial charge in [0.2, 0.25) is 5.91 Å². The lowest BCUT2D eigenvalue weighted by atomic mass is 9.87. The summed E-state index contributed by atoms with van der Waals surface area (Å²) in [4.78, 5) is 40.0. The highest BCUT2D eigenvalue weighted by atomic mass is 32.1. The van der Waals surface area contributed by atoms with Crippen molar-refractivity contribution in [1.82, 2.24) is 15.6 Å². The number of hydrogen-bond donors (Lipinski definition) is 3. The van der Waals surface area contributed by atoms with E-state index in [9.17, 15) is 14.4 Å². The Morgan fingerprint density at radius 1 is 1.14 bits per heavy atom. The number of carboxylic acid groups (broad SMARTS) is 1. The van der Waals surface area contributed by atoms with Crippen molar-refractivity contribution < 1.29 is 19.5 Å². The number of aromatic nitrogens is 1. The van der Waals surface area contributed by atoms with E-state index in [0.717, 1.165) is 5.56 Å². The Morgan fingerprint density at radius 3 is 2.46 bits per heavy atom. The zero-order chi connectivity index (χ0) is 20.6. The van der Waals surface area contributed by atoms with Crippen molar-refractivity contribution in [3.05, 3.63) is 52.5 Å². The minimum absolute atomic E-state index is 0.0552. The predicted molar refractivity (Wildman–Crippen MR) is 108 cm³/mol. The van der Waals surface area contributed by atoms with Gasteiger partial charge in [0, 0.05) is 30.1 Å². The SMILES string of the molecule is CC(C)(CCNC(=O)O)C(=O)NCCC(C(=O)c1nccs1)c1ccccc1. The number of amides is 2. The molecule has 2 aromatic rings. The molecule has 8 heteroatoms. The molecule has 150 valence electrons. The third-order valence-corrected chi connectivity index (χ3v) is 5.31. The Balaban J connectivity index is 1.97. The number of carbonyl (C=O) groups is 3. The maximum absolute atomic E-state index is 12.9. The van der Waals surface area contributed by atoms with Crippen LogP contribution in [0.25, 0.3) is 0 Å². The summed E-state index contributed by atoms with van der Waals surface area (Å²) in [5.41, 5.74) is 0.172. The fourth-order valence-corrected chi connectivity index (χ4v) is 3.42. The second-order valence-electron chi connectivity index (χ2n) is 7.08. The molecule has 0 fully saturated rings. The molecule has 1 aromatic heterocycles. The van der Waals surface area contributed by atoms with Gasteiger partial charge in [-0.15, -0.1) is 11.3 Å². The average molecular weight is 404 g/mol. The van der Waals surface area contributed by atoms with Crippen molar-refractivity contribution in [2.24, 2.45) is 5.41 Å². The minimum Gasteiger partial charge on any atom is -0.465 e. The molecule has 1 unspecified atom stereocenters. The van der Waals surface area contributed by atoms with Gasteiger partial charge in [-0.3, -0.25) is 9.59 Å². The molecule has 2 amide bonds. The smallest absolute Gasteiger partial charge is 0.404 e. The van der Waals surface area contributed by atoms with Gasteiger partial charge in [0.1, 0.15) is 0 Å². The molecule has 7 nitrogen and oxygen atoms in total. The first kappa shape index (κ1) is 21.6. The molecule has 1 atom stereocenters. The monoisotopic (exact) mass is 403 g/mol. The summed E-state index contributed by atoms with van der Waals surface area (Å²) < 4.78 is 0. The quantitative estimate of drug-likeness (QED) is 0.528. The van der Waals surface area contributed by atoms with Gasteiger partial charge in [-0.2, -0.15) is 0 Å². The lowest BCUT2D eigenvalue weighted by molar-refractivity contribution is -0.129. The van der Waals surface area contributed by atoms with Crippen LogP contribution < -0.4 is 10.6 Å². The molecule has 0 aliphatic carbocycles. The van der Waals surface area contributed by atoms with E-state index in [1.165, 1.54) is 11.3 Å². The Kier molecular flexibility index (Phi) is 7.69. The van der Waals surface area contributed by atoms with Crippen LogP contribution in [0, 0.1) is 5.41 Å². The summed E-state index contributed by atoms with van der Waals surface area (Å²) in [7, 11) is 0. The van der Waals surface area contributed by atoms with E-state index in [1.54, 1.807) is 25.4 Å². The molecule has 0 bridgehead atoms. The van der Waals surface area contributed by atoms with Gasteiger partial charge < -0.3 is 15.7 Å². The molecule has 1 heterocycles. The summed E-state index contributed by atoms with van der Waals surface area (Å²) in [6, 6.07) is 9.46. The highest BCUT2D eigenvalue weighted by Gasteiger charge is 2.28. The molecular formula is C20H25N3O4S. The number of ketones is 1. The summed E-state index contributed by atoms with van der Waals surface area (Å²) >= 11 is 1.31. The van der Waals surface area contributed by atoms with Gasteiger partial charge in [0.25, 0.3) is 0 Å². The van der Waals surface area contributed by atoms with E-state index in [4.69, 9.17) is 5.11 Å². The molecule has 28 heavy (non-hydrogen) atoms. The standard InChI is InChI=1S/C20H25N3O4S/c1-20(2,9-11-23-19(26)27)18(25)22-10-8-15(14-6-4-3-5-7-14)16(24)17-21-12-13-28-17/h3-7,12-13,15,23H,8-11H2,1-2H3,(H,22,25)(H,26,27). The van der Waals surface area contributed by atoms with Gasteiger partial charge in [-0.05, 0) is 18.4 Å². The second kappa shape index (κ2) is 9.98. The van der Waals surface area contributed by atoms with E-state index in [1.807, 2.05) is 30.3 Å². The number of hydrogen-bond acceptors (Lipinski definition) is 5. The highest BCUT2D eigenvalue weighted by molar-refractivity contribution is 7.11. The Hall–Kier alpha value is -2.74. The minimum atomic E-state index is -1.11. The van der Waals surface area contributed by atoms with Crippen LogP contribution in [-0.2, 0) is 4.79 Å². The number of benzene rings is 1. The number of Topliss-reactive ketones (excluding diaryl/α,β-unsaturated/α-hetero) is 1. The number of rotatable bonds is 10. The summed E-state index contributed by atoms with van der Waals surface area (Å²) in [5.74, 6) is -0.613. The number of nitrogens with zero attached hydrogens (tertiary/aromatic N) is 1. The molecule has 0 aliphatic rings. The molecule has 1 aromatic carbocycles.